The number of halogens is 2. The largest absolute Gasteiger partial charge is 0.486 e. The molecular weight excluding hydrogens is 316 g/mol. The smallest absolute Gasteiger partial charge is 0.235 e. The third-order valence-electron chi connectivity index (χ3n) is 4.46. The third kappa shape index (κ3) is 2.48. The Morgan fingerprint density at radius 3 is 2.42 bits per heavy atom. The fourth-order valence-corrected chi connectivity index (χ4v) is 2.94. The molecule has 6 heteroatoms. The fourth-order valence-electron chi connectivity index (χ4n) is 2.94. The van der Waals surface area contributed by atoms with Gasteiger partial charge in [-0.05, 0) is 42.7 Å². The Morgan fingerprint density at radius 1 is 0.958 bits per heavy atom. The molecule has 1 N–H and O–H groups in total. The van der Waals surface area contributed by atoms with E-state index in [1.807, 2.05) is 12.1 Å². The van der Waals surface area contributed by atoms with Crippen LogP contribution in [0.4, 0.5) is 14.5 Å². The minimum atomic E-state index is -0.989. The summed E-state index contributed by atoms with van der Waals surface area (Å²) in [5, 5.41) is 2.67. The van der Waals surface area contributed by atoms with Gasteiger partial charge in [-0.25, -0.2) is 8.78 Å². The van der Waals surface area contributed by atoms with Crippen molar-refractivity contribution in [1.82, 2.24) is 0 Å². The van der Waals surface area contributed by atoms with Gasteiger partial charge in [0, 0.05) is 11.8 Å². The molecule has 2 aliphatic rings. The van der Waals surface area contributed by atoms with Crippen molar-refractivity contribution < 1.29 is 23.0 Å². The molecule has 0 bridgehead atoms. The Balaban J connectivity index is 1.58. The van der Waals surface area contributed by atoms with E-state index in [0.29, 0.717) is 37.6 Å². The molecule has 1 amide bonds. The summed E-state index contributed by atoms with van der Waals surface area (Å²) >= 11 is 0. The molecule has 0 radical (unpaired) electrons. The van der Waals surface area contributed by atoms with Gasteiger partial charge in [0.2, 0.25) is 5.91 Å². The highest BCUT2D eigenvalue weighted by molar-refractivity contribution is 6.01. The minimum absolute atomic E-state index is 0.231. The number of hydrogen-bond acceptors (Lipinski definition) is 3. The number of amides is 1. The van der Waals surface area contributed by atoms with Crippen LogP contribution in [0.3, 0.4) is 0 Å². The summed E-state index contributed by atoms with van der Waals surface area (Å²) in [6, 6.07) is 8.80. The Hall–Kier alpha value is -2.63. The Morgan fingerprint density at radius 2 is 1.71 bits per heavy atom. The van der Waals surface area contributed by atoms with Crippen molar-refractivity contribution in [2.24, 2.45) is 0 Å². The highest BCUT2D eigenvalue weighted by Crippen LogP contribution is 2.50. The van der Waals surface area contributed by atoms with E-state index >= 15 is 0 Å². The summed E-state index contributed by atoms with van der Waals surface area (Å²) in [7, 11) is 0. The zero-order valence-corrected chi connectivity index (χ0v) is 12.8. The van der Waals surface area contributed by atoms with Gasteiger partial charge in [-0.15, -0.1) is 0 Å². The predicted molar refractivity (Wildman–Crippen MR) is 83.3 cm³/mol. The van der Waals surface area contributed by atoms with Crippen LogP contribution in [-0.4, -0.2) is 19.1 Å². The van der Waals surface area contributed by atoms with Crippen LogP contribution in [0.2, 0.25) is 0 Å². The fraction of sp³-hybridized carbons (Fsp3) is 0.278. The van der Waals surface area contributed by atoms with E-state index in [9.17, 15) is 13.6 Å². The molecule has 0 spiro atoms. The first-order valence-corrected chi connectivity index (χ1v) is 7.75. The average molecular weight is 331 g/mol. The number of nitrogens with one attached hydrogen (secondary N) is 1. The van der Waals surface area contributed by atoms with Gasteiger partial charge >= 0.3 is 0 Å². The standard InChI is InChI=1S/C18H15F2NO3/c19-13-3-2-12(10-14(13)20)21-17(22)18(5-6-18)11-1-4-15-16(9-11)24-8-7-23-15/h1-4,9-10H,5-8H2,(H,21,22). The molecule has 1 aliphatic heterocycles. The molecule has 0 atom stereocenters. The highest BCUT2D eigenvalue weighted by atomic mass is 19.2. The van der Waals surface area contributed by atoms with Crippen molar-refractivity contribution in [2.75, 3.05) is 18.5 Å². The first kappa shape index (κ1) is 14.9. The molecule has 1 fully saturated rings. The molecule has 1 heterocycles. The normalized spacial score (nSPS) is 17.2. The first-order chi connectivity index (χ1) is 11.6. The van der Waals surface area contributed by atoms with Crippen molar-refractivity contribution in [1.29, 1.82) is 0 Å². The van der Waals surface area contributed by atoms with Gasteiger partial charge in [-0.1, -0.05) is 6.07 Å². The van der Waals surface area contributed by atoms with E-state index in [1.165, 1.54) is 6.07 Å². The predicted octanol–water partition coefficient (Wildman–Crippen LogP) is 3.41. The molecule has 0 saturated heterocycles. The molecule has 1 aliphatic carbocycles. The van der Waals surface area contributed by atoms with E-state index in [4.69, 9.17) is 9.47 Å². The number of carbonyl (C=O) groups is 1. The maximum atomic E-state index is 13.3. The van der Waals surface area contributed by atoms with Gasteiger partial charge in [0.25, 0.3) is 0 Å². The quantitative estimate of drug-likeness (QED) is 0.938. The summed E-state index contributed by atoms with van der Waals surface area (Å²) < 4.78 is 37.3. The molecule has 2 aromatic rings. The second kappa shape index (κ2) is 5.47. The first-order valence-electron chi connectivity index (χ1n) is 7.75. The molecule has 2 aromatic carbocycles. The zero-order valence-electron chi connectivity index (χ0n) is 12.8. The van der Waals surface area contributed by atoms with Crippen LogP contribution >= 0.6 is 0 Å². The topological polar surface area (TPSA) is 47.6 Å². The molecule has 0 aromatic heterocycles. The third-order valence-corrected chi connectivity index (χ3v) is 4.46. The molecule has 24 heavy (non-hydrogen) atoms. The minimum Gasteiger partial charge on any atom is -0.486 e. The van der Waals surface area contributed by atoms with E-state index in [2.05, 4.69) is 5.32 Å². The van der Waals surface area contributed by atoms with Crippen molar-refractivity contribution in [2.45, 2.75) is 18.3 Å². The molecule has 0 unspecified atom stereocenters. The van der Waals surface area contributed by atoms with Gasteiger partial charge in [-0.3, -0.25) is 4.79 Å². The van der Waals surface area contributed by atoms with E-state index in [0.717, 1.165) is 17.7 Å². The van der Waals surface area contributed by atoms with Gasteiger partial charge < -0.3 is 14.8 Å². The molecule has 124 valence electrons. The molecule has 4 rings (SSSR count). The van der Waals surface area contributed by atoms with Crippen LogP contribution in [0.25, 0.3) is 0 Å². The highest BCUT2D eigenvalue weighted by Gasteiger charge is 2.51. The lowest BCUT2D eigenvalue weighted by molar-refractivity contribution is -0.118. The van der Waals surface area contributed by atoms with Gasteiger partial charge in [0.1, 0.15) is 13.2 Å². The lowest BCUT2D eigenvalue weighted by Gasteiger charge is -2.21. The molecular formula is C18H15F2NO3. The van der Waals surface area contributed by atoms with Gasteiger partial charge in [0.15, 0.2) is 23.1 Å². The number of anilines is 1. The van der Waals surface area contributed by atoms with Crippen LogP contribution in [0, 0.1) is 11.6 Å². The van der Waals surface area contributed by atoms with Crippen molar-refractivity contribution in [3.8, 4) is 11.5 Å². The number of benzene rings is 2. The van der Waals surface area contributed by atoms with Crippen molar-refractivity contribution in [3.05, 3.63) is 53.6 Å². The summed E-state index contributed by atoms with van der Waals surface area (Å²) in [6.07, 6.45) is 1.39. The van der Waals surface area contributed by atoms with Gasteiger partial charge in [0.05, 0.1) is 5.41 Å². The van der Waals surface area contributed by atoms with E-state index < -0.39 is 17.0 Å². The SMILES string of the molecule is O=C(Nc1ccc(F)c(F)c1)C1(c2ccc3c(c2)OCCO3)CC1. The van der Waals surface area contributed by atoms with Crippen LogP contribution in [0.15, 0.2) is 36.4 Å². The van der Waals surface area contributed by atoms with E-state index in [-0.39, 0.29) is 11.6 Å². The van der Waals surface area contributed by atoms with Crippen LogP contribution in [0.1, 0.15) is 18.4 Å². The number of carbonyl (C=O) groups excluding carboxylic acids is 1. The summed E-state index contributed by atoms with van der Waals surface area (Å²) in [5.74, 6) is -0.865. The summed E-state index contributed by atoms with van der Waals surface area (Å²) in [5.41, 5.74) is 0.426. The lowest BCUT2D eigenvalue weighted by Crippen LogP contribution is -2.28. The van der Waals surface area contributed by atoms with Crippen molar-refractivity contribution in [3.63, 3.8) is 0 Å². The van der Waals surface area contributed by atoms with E-state index in [1.54, 1.807) is 6.07 Å². The Kier molecular flexibility index (Phi) is 3.40. The maximum absolute atomic E-state index is 13.3. The van der Waals surface area contributed by atoms with Crippen LogP contribution in [0.5, 0.6) is 11.5 Å². The van der Waals surface area contributed by atoms with Gasteiger partial charge in [-0.2, -0.15) is 0 Å². The second-order valence-electron chi connectivity index (χ2n) is 6.02. The molecule has 1 saturated carbocycles. The second-order valence-corrected chi connectivity index (χ2v) is 6.02. The Labute approximate surface area is 137 Å². The molecule has 4 nitrogen and oxygen atoms in total. The number of rotatable bonds is 3. The number of ether oxygens (including phenoxy) is 2. The number of hydrogen-bond donors (Lipinski definition) is 1. The monoisotopic (exact) mass is 331 g/mol. The Bertz CT molecular complexity index is 818. The zero-order chi connectivity index (χ0) is 16.7. The maximum Gasteiger partial charge on any atom is 0.235 e. The summed E-state index contributed by atoms with van der Waals surface area (Å²) in [4.78, 5) is 12.7. The number of fused-ring (bicyclic) bond motifs is 1. The van der Waals surface area contributed by atoms with Crippen molar-refractivity contribution >= 4 is 11.6 Å². The summed E-state index contributed by atoms with van der Waals surface area (Å²) in [6.45, 7) is 0.985. The average Bonchev–Trinajstić information content (AvgIpc) is 3.40. The van der Waals surface area contributed by atoms with Crippen LogP contribution < -0.4 is 14.8 Å². The van der Waals surface area contributed by atoms with Crippen LogP contribution in [-0.2, 0) is 10.2 Å². The lowest BCUT2D eigenvalue weighted by atomic mass is 9.94.